The van der Waals surface area contributed by atoms with E-state index in [0.717, 1.165) is 34.0 Å². The zero-order chi connectivity index (χ0) is 20.7. The number of nitrogens with zero attached hydrogens (tertiary/aromatic N) is 2. The van der Waals surface area contributed by atoms with Crippen LogP contribution in [0.1, 0.15) is 28.5 Å². The van der Waals surface area contributed by atoms with Crippen LogP contribution in [0.4, 0.5) is 0 Å². The second kappa shape index (κ2) is 7.32. The van der Waals surface area contributed by atoms with Crippen LogP contribution in [0.3, 0.4) is 0 Å². The fraction of sp³-hybridized carbons (Fsp3) is 0.292. The summed E-state index contributed by atoms with van der Waals surface area (Å²) < 4.78 is 9.46. The maximum Gasteiger partial charge on any atom is 0.268 e. The van der Waals surface area contributed by atoms with Gasteiger partial charge in [-0.2, -0.15) is 0 Å². The Kier molecular flexibility index (Phi) is 4.82. The molecule has 29 heavy (non-hydrogen) atoms. The molecular weight excluding hydrogens is 362 g/mol. The smallest absolute Gasteiger partial charge is 0.268 e. The Labute approximate surface area is 170 Å². The lowest BCUT2D eigenvalue weighted by atomic mass is 10.1. The van der Waals surface area contributed by atoms with Gasteiger partial charge >= 0.3 is 0 Å². The molecule has 1 atom stereocenters. The first-order chi connectivity index (χ1) is 13.9. The molecule has 4 aromatic rings. The van der Waals surface area contributed by atoms with Gasteiger partial charge in [-0.05, 0) is 62.2 Å². The van der Waals surface area contributed by atoms with Gasteiger partial charge in [-0.1, -0.05) is 11.6 Å². The van der Waals surface area contributed by atoms with Crippen molar-refractivity contribution < 1.29 is 9.53 Å². The van der Waals surface area contributed by atoms with Crippen LogP contribution in [0.5, 0.6) is 5.75 Å². The van der Waals surface area contributed by atoms with Crippen molar-refractivity contribution in [3.63, 3.8) is 0 Å². The van der Waals surface area contributed by atoms with Gasteiger partial charge in [-0.3, -0.25) is 4.79 Å². The van der Waals surface area contributed by atoms with E-state index in [1.54, 1.807) is 7.11 Å². The fourth-order valence-electron chi connectivity index (χ4n) is 4.11. The van der Waals surface area contributed by atoms with Crippen molar-refractivity contribution in [2.75, 3.05) is 7.11 Å². The van der Waals surface area contributed by atoms with Gasteiger partial charge in [-0.25, -0.2) is 0 Å². The van der Waals surface area contributed by atoms with Crippen LogP contribution < -0.4 is 10.1 Å². The summed E-state index contributed by atoms with van der Waals surface area (Å²) in [5, 5.41) is 5.41. The molecule has 2 aromatic carbocycles. The minimum atomic E-state index is -0.0494. The number of carbonyl (C=O) groups is 1. The molecule has 0 radical (unpaired) electrons. The number of hydrogen-bond donors (Lipinski definition) is 1. The molecule has 5 nitrogen and oxygen atoms in total. The van der Waals surface area contributed by atoms with Crippen LogP contribution in [-0.2, 0) is 20.5 Å². The van der Waals surface area contributed by atoms with E-state index >= 15 is 0 Å². The van der Waals surface area contributed by atoms with E-state index in [4.69, 9.17) is 4.74 Å². The van der Waals surface area contributed by atoms with Crippen LogP contribution >= 0.6 is 0 Å². The number of carbonyl (C=O) groups excluding carboxylic acids is 1. The number of methoxy groups -OCH3 is 1. The molecule has 0 saturated carbocycles. The quantitative estimate of drug-likeness (QED) is 0.552. The maximum absolute atomic E-state index is 12.9. The summed E-state index contributed by atoms with van der Waals surface area (Å²) in [4.78, 5) is 12.9. The lowest BCUT2D eigenvalue weighted by Gasteiger charge is -2.14. The van der Waals surface area contributed by atoms with E-state index in [2.05, 4.69) is 53.3 Å². The lowest BCUT2D eigenvalue weighted by molar-refractivity contribution is 0.0932. The zero-order valence-corrected chi connectivity index (χ0v) is 17.6. The van der Waals surface area contributed by atoms with Gasteiger partial charge in [0, 0.05) is 48.1 Å². The number of amides is 1. The molecule has 0 aliphatic rings. The Morgan fingerprint density at radius 2 is 1.86 bits per heavy atom. The molecule has 4 rings (SSSR count). The van der Waals surface area contributed by atoms with Gasteiger partial charge in [0.05, 0.1) is 7.11 Å². The standard InChI is InChI=1S/C24H27N3O2/c1-15-6-8-21-17(10-15)12-23(27(21)4)24(28)25-16(2)11-18-14-26(3)22-9-7-19(29-5)13-20(18)22/h6-10,12-14,16H,11H2,1-5H3,(H,25,28). The molecule has 0 fully saturated rings. The van der Waals surface area contributed by atoms with Crippen molar-refractivity contribution in [3.05, 3.63) is 65.5 Å². The summed E-state index contributed by atoms with van der Waals surface area (Å²) in [5.41, 5.74) is 5.28. The van der Waals surface area contributed by atoms with Crippen LogP contribution in [-0.4, -0.2) is 28.2 Å². The van der Waals surface area contributed by atoms with Crippen molar-refractivity contribution in [2.24, 2.45) is 14.1 Å². The van der Waals surface area contributed by atoms with Gasteiger partial charge in [0.15, 0.2) is 0 Å². The second-order valence-electron chi connectivity index (χ2n) is 7.88. The van der Waals surface area contributed by atoms with Crippen molar-refractivity contribution in [1.82, 2.24) is 14.5 Å². The number of benzene rings is 2. The highest BCUT2D eigenvalue weighted by molar-refractivity contribution is 5.99. The van der Waals surface area contributed by atoms with Crippen molar-refractivity contribution >= 4 is 27.7 Å². The number of fused-ring (bicyclic) bond motifs is 2. The Morgan fingerprint density at radius 1 is 1.10 bits per heavy atom. The van der Waals surface area contributed by atoms with Crippen LogP contribution in [0.25, 0.3) is 21.8 Å². The van der Waals surface area contributed by atoms with Crippen molar-refractivity contribution in [3.8, 4) is 5.75 Å². The van der Waals surface area contributed by atoms with E-state index in [9.17, 15) is 4.79 Å². The monoisotopic (exact) mass is 389 g/mol. The molecule has 1 amide bonds. The Hall–Kier alpha value is -3.21. The molecule has 2 heterocycles. The first-order valence-corrected chi connectivity index (χ1v) is 9.86. The van der Waals surface area contributed by atoms with Gasteiger partial charge < -0.3 is 19.2 Å². The highest BCUT2D eigenvalue weighted by Gasteiger charge is 2.17. The molecule has 5 heteroatoms. The van der Waals surface area contributed by atoms with Gasteiger partial charge in [-0.15, -0.1) is 0 Å². The number of hydrogen-bond acceptors (Lipinski definition) is 2. The SMILES string of the molecule is COc1ccc2c(c1)c(CC(C)NC(=O)c1cc3cc(C)ccc3n1C)cn2C. The third kappa shape index (κ3) is 3.48. The zero-order valence-electron chi connectivity index (χ0n) is 17.6. The summed E-state index contributed by atoms with van der Waals surface area (Å²) >= 11 is 0. The fourth-order valence-corrected chi connectivity index (χ4v) is 4.11. The Morgan fingerprint density at radius 3 is 2.62 bits per heavy atom. The number of aryl methyl sites for hydroxylation is 3. The number of nitrogens with one attached hydrogen (secondary N) is 1. The lowest BCUT2D eigenvalue weighted by Crippen LogP contribution is -2.35. The summed E-state index contributed by atoms with van der Waals surface area (Å²) in [6.45, 7) is 4.11. The highest BCUT2D eigenvalue weighted by Crippen LogP contribution is 2.26. The van der Waals surface area contributed by atoms with Crippen molar-refractivity contribution in [1.29, 1.82) is 0 Å². The summed E-state index contributed by atoms with van der Waals surface area (Å²) in [6, 6.07) is 14.3. The molecule has 0 spiro atoms. The molecule has 0 bridgehead atoms. The van der Waals surface area contributed by atoms with Gasteiger partial charge in [0.1, 0.15) is 11.4 Å². The first kappa shape index (κ1) is 19.1. The van der Waals surface area contributed by atoms with E-state index in [1.807, 2.05) is 37.7 Å². The number of rotatable bonds is 5. The maximum atomic E-state index is 12.9. The Bertz CT molecular complexity index is 1220. The van der Waals surface area contributed by atoms with Gasteiger partial charge in [0.2, 0.25) is 0 Å². The minimum Gasteiger partial charge on any atom is -0.497 e. The highest BCUT2D eigenvalue weighted by atomic mass is 16.5. The average molecular weight is 389 g/mol. The third-order valence-corrected chi connectivity index (χ3v) is 5.61. The average Bonchev–Trinajstić information content (AvgIpc) is 3.18. The van der Waals surface area contributed by atoms with E-state index in [0.29, 0.717) is 5.69 Å². The van der Waals surface area contributed by atoms with E-state index in [1.165, 1.54) is 11.1 Å². The third-order valence-electron chi connectivity index (χ3n) is 5.61. The van der Waals surface area contributed by atoms with Crippen LogP contribution in [0.15, 0.2) is 48.7 Å². The second-order valence-corrected chi connectivity index (χ2v) is 7.88. The van der Waals surface area contributed by atoms with E-state index < -0.39 is 0 Å². The Balaban J connectivity index is 1.56. The molecule has 150 valence electrons. The molecule has 2 aromatic heterocycles. The topological polar surface area (TPSA) is 48.2 Å². The largest absolute Gasteiger partial charge is 0.497 e. The molecule has 0 aliphatic heterocycles. The number of ether oxygens (including phenoxy) is 1. The van der Waals surface area contributed by atoms with Gasteiger partial charge in [0.25, 0.3) is 5.91 Å². The minimum absolute atomic E-state index is 0.000880. The summed E-state index contributed by atoms with van der Waals surface area (Å²) in [7, 11) is 5.66. The van der Waals surface area contributed by atoms with Crippen LogP contribution in [0, 0.1) is 6.92 Å². The van der Waals surface area contributed by atoms with Crippen LogP contribution in [0.2, 0.25) is 0 Å². The molecule has 0 saturated heterocycles. The molecule has 1 N–H and O–H groups in total. The molecule has 0 aliphatic carbocycles. The predicted molar refractivity (Wildman–Crippen MR) is 118 cm³/mol. The molecule has 1 unspecified atom stereocenters. The summed E-state index contributed by atoms with van der Waals surface area (Å²) in [5.74, 6) is 0.791. The molecular formula is C24H27N3O2. The van der Waals surface area contributed by atoms with E-state index in [-0.39, 0.29) is 11.9 Å². The predicted octanol–water partition coefficient (Wildman–Crippen LogP) is 4.35. The van der Waals surface area contributed by atoms with Crippen molar-refractivity contribution in [2.45, 2.75) is 26.3 Å². The number of aromatic nitrogens is 2. The first-order valence-electron chi connectivity index (χ1n) is 9.86. The summed E-state index contributed by atoms with van der Waals surface area (Å²) in [6.07, 6.45) is 2.88. The normalized spacial score (nSPS) is 12.4.